The smallest absolute Gasteiger partial charge is 0.243 e. The lowest BCUT2D eigenvalue weighted by Crippen LogP contribution is -2.29. The van der Waals surface area contributed by atoms with Crippen molar-refractivity contribution in [1.82, 2.24) is 4.31 Å². The molecule has 0 saturated carbocycles. The van der Waals surface area contributed by atoms with Gasteiger partial charge in [-0.25, -0.2) is 8.42 Å². The second kappa shape index (κ2) is 7.15. The monoisotopic (exact) mass is 393 g/mol. The van der Waals surface area contributed by atoms with Crippen LogP contribution in [0.5, 0.6) is 0 Å². The first kappa shape index (κ1) is 18.8. The van der Waals surface area contributed by atoms with E-state index in [4.69, 9.17) is 0 Å². The van der Waals surface area contributed by atoms with Crippen LogP contribution in [0.1, 0.15) is 24.5 Å². The molecule has 0 unspecified atom stereocenters. The molecule has 2 aliphatic rings. The van der Waals surface area contributed by atoms with Gasteiger partial charge >= 0.3 is 0 Å². The third kappa shape index (κ3) is 3.36. The highest BCUT2D eigenvalue weighted by molar-refractivity contribution is 7.89. The van der Waals surface area contributed by atoms with Crippen LogP contribution in [0.4, 0.5) is 0 Å². The van der Waals surface area contributed by atoms with Gasteiger partial charge in [0.15, 0.2) is 5.78 Å². The van der Waals surface area contributed by atoms with Crippen LogP contribution in [0.15, 0.2) is 76.7 Å². The number of allylic oxidation sites excluding steroid dienone is 3. The number of sulfonamides is 1. The number of Topliss-reactive ketones (excluding diaryl/α,β-unsaturated/α-hetero) is 1. The van der Waals surface area contributed by atoms with E-state index in [0.29, 0.717) is 24.4 Å². The molecule has 1 fully saturated rings. The summed E-state index contributed by atoms with van der Waals surface area (Å²) >= 11 is 0. The highest BCUT2D eigenvalue weighted by Gasteiger charge is 2.38. The zero-order chi connectivity index (χ0) is 19.9. The SMILES string of the molecule is CC(=O)C1=C(c2ccccc2)C=C2CN(S(=O)(=O)c3ccc(C)cc3)C[C@H]2C1. The van der Waals surface area contributed by atoms with E-state index in [1.54, 1.807) is 23.4 Å². The minimum atomic E-state index is -3.54. The Morgan fingerprint density at radius 2 is 1.71 bits per heavy atom. The Kier molecular flexibility index (Phi) is 4.81. The Bertz CT molecular complexity index is 1080. The van der Waals surface area contributed by atoms with Gasteiger partial charge in [-0.1, -0.05) is 54.1 Å². The molecule has 0 bridgehead atoms. The second-order valence-electron chi connectivity index (χ2n) is 7.55. The van der Waals surface area contributed by atoms with Crippen molar-refractivity contribution in [2.75, 3.05) is 13.1 Å². The number of hydrogen-bond acceptors (Lipinski definition) is 3. The van der Waals surface area contributed by atoms with Crippen LogP contribution < -0.4 is 0 Å². The van der Waals surface area contributed by atoms with E-state index in [1.807, 2.05) is 55.5 Å². The summed E-state index contributed by atoms with van der Waals surface area (Å²) in [6.07, 6.45) is 2.62. The molecular weight excluding hydrogens is 370 g/mol. The second-order valence-corrected chi connectivity index (χ2v) is 9.48. The molecule has 0 aromatic heterocycles. The molecule has 0 N–H and O–H groups in total. The van der Waals surface area contributed by atoms with Crippen molar-refractivity contribution in [1.29, 1.82) is 0 Å². The van der Waals surface area contributed by atoms with Crippen molar-refractivity contribution in [2.24, 2.45) is 5.92 Å². The Morgan fingerprint density at radius 3 is 2.36 bits per heavy atom. The van der Waals surface area contributed by atoms with E-state index in [-0.39, 0.29) is 11.7 Å². The van der Waals surface area contributed by atoms with E-state index in [2.05, 4.69) is 0 Å². The molecular formula is C23H23NO3S. The van der Waals surface area contributed by atoms with Crippen LogP contribution >= 0.6 is 0 Å². The van der Waals surface area contributed by atoms with Gasteiger partial charge in [0.05, 0.1) is 4.90 Å². The van der Waals surface area contributed by atoms with E-state index in [0.717, 1.165) is 27.8 Å². The predicted octanol–water partition coefficient (Wildman–Crippen LogP) is 3.99. The van der Waals surface area contributed by atoms with Crippen LogP contribution in [-0.2, 0) is 14.8 Å². The molecule has 2 aromatic carbocycles. The summed E-state index contributed by atoms with van der Waals surface area (Å²) in [6.45, 7) is 4.32. The van der Waals surface area contributed by atoms with Gasteiger partial charge < -0.3 is 0 Å². The Morgan fingerprint density at radius 1 is 1.04 bits per heavy atom. The van der Waals surface area contributed by atoms with Crippen molar-refractivity contribution in [3.05, 3.63) is 82.9 Å². The van der Waals surface area contributed by atoms with Crippen molar-refractivity contribution in [3.8, 4) is 0 Å². The number of ketones is 1. The first-order valence-corrected chi connectivity index (χ1v) is 10.9. The average Bonchev–Trinajstić information content (AvgIpc) is 3.12. The number of nitrogens with zero attached hydrogens (tertiary/aromatic N) is 1. The molecule has 0 radical (unpaired) electrons. The fraction of sp³-hybridized carbons (Fsp3) is 0.261. The molecule has 4 rings (SSSR count). The Balaban J connectivity index is 1.67. The standard InChI is InChI=1S/C23H23NO3S/c1-16-8-10-21(11-9-16)28(26,27)24-14-19-12-22(17(2)25)23(13-20(19)15-24)18-6-4-3-5-7-18/h3-11,13,19H,12,14-15H2,1-2H3/t19-/m1/s1. The molecule has 1 aliphatic carbocycles. The van der Waals surface area contributed by atoms with Crippen LogP contribution in [-0.4, -0.2) is 31.6 Å². The molecule has 1 atom stereocenters. The molecule has 5 heteroatoms. The fourth-order valence-electron chi connectivity index (χ4n) is 4.00. The number of rotatable bonds is 4. The summed E-state index contributed by atoms with van der Waals surface area (Å²) in [6, 6.07) is 16.8. The van der Waals surface area contributed by atoms with Gasteiger partial charge in [0, 0.05) is 18.7 Å². The van der Waals surface area contributed by atoms with E-state index in [1.165, 1.54) is 0 Å². The van der Waals surface area contributed by atoms with Crippen molar-refractivity contribution in [2.45, 2.75) is 25.2 Å². The molecule has 4 nitrogen and oxygen atoms in total. The lowest BCUT2D eigenvalue weighted by molar-refractivity contribution is -0.113. The van der Waals surface area contributed by atoms with Gasteiger partial charge in [0.1, 0.15) is 0 Å². The maximum Gasteiger partial charge on any atom is 0.243 e. The van der Waals surface area contributed by atoms with E-state index < -0.39 is 10.0 Å². The summed E-state index contributed by atoms with van der Waals surface area (Å²) in [4.78, 5) is 12.6. The van der Waals surface area contributed by atoms with Crippen molar-refractivity contribution in [3.63, 3.8) is 0 Å². The van der Waals surface area contributed by atoms with Crippen LogP contribution in [0.3, 0.4) is 0 Å². The first-order chi connectivity index (χ1) is 13.4. The largest absolute Gasteiger partial charge is 0.295 e. The normalized spacial score (nSPS) is 20.1. The van der Waals surface area contributed by atoms with Gasteiger partial charge in [0.25, 0.3) is 0 Å². The zero-order valence-electron chi connectivity index (χ0n) is 16.1. The van der Waals surface area contributed by atoms with Gasteiger partial charge in [-0.2, -0.15) is 4.31 Å². The van der Waals surface area contributed by atoms with Gasteiger partial charge in [-0.15, -0.1) is 0 Å². The Hall–Kier alpha value is -2.50. The number of benzene rings is 2. The fourth-order valence-corrected chi connectivity index (χ4v) is 5.47. The molecule has 1 heterocycles. The number of carbonyl (C=O) groups is 1. The lowest BCUT2D eigenvalue weighted by Gasteiger charge is -2.22. The number of carbonyl (C=O) groups excluding carboxylic acids is 1. The summed E-state index contributed by atoms with van der Waals surface area (Å²) < 4.78 is 27.7. The van der Waals surface area contributed by atoms with Crippen molar-refractivity contribution < 1.29 is 13.2 Å². The van der Waals surface area contributed by atoms with Gasteiger partial charge in [0.2, 0.25) is 10.0 Å². The topological polar surface area (TPSA) is 54.5 Å². The predicted molar refractivity (Wildman–Crippen MR) is 110 cm³/mol. The third-order valence-corrected chi connectivity index (χ3v) is 7.41. The third-order valence-electron chi connectivity index (χ3n) is 5.58. The summed E-state index contributed by atoms with van der Waals surface area (Å²) in [5, 5.41) is 0. The number of fused-ring (bicyclic) bond motifs is 1. The van der Waals surface area contributed by atoms with Gasteiger partial charge in [-0.05, 0) is 55.0 Å². The molecule has 28 heavy (non-hydrogen) atoms. The highest BCUT2D eigenvalue weighted by atomic mass is 32.2. The average molecular weight is 394 g/mol. The molecule has 0 amide bonds. The maximum atomic E-state index is 13.1. The van der Waals surface area contributed by atoms with E-state index in [9.17, 15) is 13.2 Å². The maximum absolute atomic E-state index is 13.1. The summed E-state index contributed by atoms with van der Waals surface area (Å²) in [5.74, 6) is 0.112. The first-order valence-electron chi connectivity index (χ1n) is 9.43. The van der Waals surface area contributed by atoms with E-state index >= 15 is 0 Å². The molecule has 2 aromatic rings. The van der Waals surface area contributed by atoms with Crippen LogP contribution in [0.2, 0.25) is 0 Å². The quantitative estimate of drug-likeness (QED) is 0.789. The van der Waals surface area contributed by atoms with Crippen LogP contribution in [0, 0.1) is 12.8 Å². The molecule has 0 spiro atoms. The number of aryl methyl sites for hydroxylation is 1. The van der Waals surface area contributed by atoms with Gasteiger partial charge in [-0.3, -0.25) is 4.79 Å². The summed E-state index contributed by atoms with van der Waals surface area (Å²) in [5.41, 5.74) is 4.82. The molecule has 144 valence electrons. The zero-order valence-corrected chi connectivity index (χ0v) is 16.9. The summed E-state index contributed by atoms with van der Waals surface area (Å²) in [7, 11) is -3.54. The molecule has 1 saturated heterocycles. The van der Waals surface area contributed by atoms with Crippen molar-refractivity contribution >= 4 is 21.4 Å². The minimum absolute atomic E-state index is 0.0500. The lowest BCUT2D eigenvalue weighted by atomic mass is 9.81. The minimum Gasteiger partial charge on any atom is -0.295 e. The number of hydrogen-bond donors (Lipinski definition) is 0. The van der Waals surface area contributed by atoms with Crippen LogP contribution in [0.25, 0.3) is 5.57 Å². The molecule has 1 aliphatic heterocycles. The highest BCUT2D eigenvalue weighted by Crippen LogP contribution is 2.40. The Labute approximate surface area is 166 Å².